The lowest BCUT2D eigenvalue weighted by molar-refractivity contribution is -0.125. The van der Waals surface area contributed by atoms with Gasteiger partial charge in [0.2, 0.25) is 11.5 Å². The van der Waals surface area contributed by atoms with Crippen molar-refractivity contribution in [2.75, 3.05) is 26.2 Å². The molecular formula is C20H24N4O3. The van der Waals surface area contributed by atoms with Crippen molar-refractivity contribution in [1.82, 2.24) is 14.4 Å². The molecule has 0 unspecified atom stereocenters. The van der Waals surface area contributed by atoms with E-state index < -0.39 is 11.9 Å². The lowest BCUT2D eigenvalue weighted by Crippen LogP contribution is -2.59. The highest BCUT2D eigenvalue weighted by Gasteiger charge is 2.33. The minimum atomic E-state index is -0.515. The average Bonchev–Trinajstić information content (AvgIpc) is 2.68. The number of carbonyl (C=O) groups is 2. The van der Waals surface area contributed by atoms with E-state index in [1.165, 1.54) is 28.5 Å². The topological polar surface area (TPSA) is 88.6 Å². The van der Waals surface area contributed by atoms with E-state index in [1.54, 1.807) is 11.9 Å². The largest absolute Gasteiger partial charge is 0.368 e. The average molecular weight is 368 g/mol. The van der Waals surface area contributed by atoms with Gasteiger partial charge in [0, 0.05) is 45.5 Å². The third-order valence-corrected chi connectivity index (χ3v) is 4.97. The molecule has 142 valence electrons. The van der Waals surface area contributed by atoms with Crippen LogP contribution >= 0.6 is 0 Å². The van der Waals surface area contributed by atoms with E-state index >= 15 is 0 Å². The van der Waals surface area contributed by atoms with Crippen LogP contribution in [0.2, 0.25) is 0 Å². The van der Waals surface area contributed by atoms with Gasteiger partial charge in [-0.1, -0.05) is 30.3 Å². The highest BCUT2D eigenvalue weighted by Crippen LogP contribution is 2.14. The van der Waals surface area contributed by atoms with Crippen LogP contribution in [0.15, 0.2) is 53.5 Å². The van der Waals surface area contributed by atoms with Crippen molar-refractivity contribution < 1.29 is 9.59 Å². The second kappa shape index (κ2) is 8.18. The molecule has 0 aliphatic carbocycles. The number of hydrogen-bond donors (Lipinski definition) is 1. The van der Waals surface area contributed by atoms with Gasteiger partial charge in [-0.05, 0) is 18.1 Å². The number of aryl methyl sites for hydroxylation is 1. The molecule has 1 aromatic carbocycles. The minimum absolute atomic E-state index is 0.174. The van der Waals surface area contributed by atoms with Crippen molar-refractivity contribution in [2.24, 2.45) is 12.8 Å². The molecule has 1 aliphatic heterocycles. The fourth-order valence-electron chi connectivity index (χ4n) is 3.36. The maximum absolute atomic E-state index is 12.8. The molecule has 7 nitrogen and oxygen atoms in total. The molecule has 1 atom stereocenters. The Balaban J connectivity index is 1.68. The van der Waals surface area contributed by atoms with Crippen molar-refractivity contribution in [3.8, 4) is 0 Å². The summed E-state index contributed by atoms with van der Waals surface area (Å²) in [5.74, 6) is -0.624. The van der Waals surface area contributed by atoms with Crippen molar-refractivity contribution in [1.29, 1.82) is 0 Å². The molecule has 0 radical (unpaired) electrons. The van der Waals surface area contributed by atoms with Crippen LogP contribution in [-0.4, -0.2) is 58.4 Å². The predicted octanol–water partition coefficient (Wildman–Crippen LogP) is 0.240. The SMILES string of the molecule is Cn1cc(C(=O)N2CCN(CCc3ccccc3)[C@H](C(N)=O)C2)ccc1=O. The summed E-state index contributed by atoms with van der Waals surface area (Å²) >= 11 is 0. The highest BCUT2D eigenvalue weighted by molar-refractivity contribution is 5.94. The molecule has 1 fully saturated rings. The molecular weight excluding hydrogens is 344 g/mol. The molecule has 2 heterocycles. The number of primary amides is 1. The zero-order valence-corrected chi connectivity index (χ0v) is 15.4. The van der Waals surface area contributed by atoms with Gasteiger partial charge in [0.1, 0.15) is 6.04 Å². The molecule has 2 N–H and O–H groups in total. The third kappa shape index (κ3) is 4.43. The Labute approximate surface area is 158 Å². The zero-order chi connectivity index (χ0) is 19.4. The molecule has 2 aromatic rings. The summed E-state index contributed by atoms with van der Waals surface area (Å²) < 4.78 is 1.37. The van der Waals surface area contributed by atoms with Gasteiger partial charge in [-0.25, -0.2) is 0 Å². The smallest absolute Gasteiger partial charge is 0.255 e. The third-order valence-electron chi connectivity index (χ3n) is 4.97. The Hall–Kier alpha value is -2.93. The summed E-state index contributed by atoms with van der Waals surface area (Å²) in [4.78, 5) is 39.9. The molecule has 1 saturated heterocycles. The van der Waals surface area contributed by atoms with Crippen molar-refractivity contribution in [3.05, 3.63) is 70.1 Å². The number of benzene rings is 1. The zero-order valence-electron chi connectivity index (χ0n) is 15.4. The van der Waals surface area contributed by atoms with E-state index in [0.717, 1.165) is 6.42 Å². The Bertz CT molecular complexity index is 878. The predicted molar refractivity (Wildman–Crippen MR) is 102 cm³/mol. The number of carbonyl (C=O) groups excluding carboxylic acids is 2. The first-order valence-electron chi connectivity index (χ1n) is 8.99. The van der Waals surface area contributed by atoms with Gasteiger partial charge in [-0.3, -0.25) is 19.3 Å². The molecule has 2 amide bonds. The minimum Gasteiger partial charge on any atom is -0.368 e. The second-order valence-electron chi connectivity index (χ2n) is 6.81. The molecule has 0 bridgehead atoms. The molecule has 7 heteroatoms. The Morgan fingerprint density at radius 2 is 1.85 bits per heavy atom. The van der Waals surface area contributed by atoms with Gasteiger partial charge in [0.05, 0.1) is 5.56 Å². The van der Waals surface area contributed by atoms with Gasteiger partial charge in [0.15, 0.2) is 0 Å². The Morgan fingerprint density at radius 1 is 1.11 bits per heavy atom. The molecule has 0 saturated carbocycles. The van der Waals surface area contributed by atoms with Crippen LogP contribution in [0.4, 0.5) is 0 Å². The number of aromatic nitrogens is 1. The van der Waals surface area contributed by atoms with Crippen molar-refractivity contribution in [3.63, 3.8) is 0 Å². The number of nitrogens with zero attached hydrogens (tertiary/aromatic N) is 3. The van der Waals surface area contributed by atoms with Gasteiger partial charge in [0.25, 0.3) is 5.91 Å². The summed E-state index contributed by atoms with van der Waals surface area (Å²) in [6.07, 6.45) is 2.34. The van der Waals surface area contributed by atoms with Crippen LogP contribution in [0.1, 0.15) is 15.9 Å². The quantitative estimate of drug-likeness (QED) is 0.819. The number of amides is 2. The van der Waals surface area contributed by atoms with Crippen LogP contribution in [0.3, 0.4) is 0 Å². The van der Waals surface area contributed by atoms with Crippen molar-refractivity contribution in [2.45, 2.75) is 12.5 Å². The molecule has 3 rings (SSSR count). The van der Waals surface area contributed by atoms with Crippen LogP contribution in [0, 0.1) is 0 Å². The van der Waals surface area contributed by atoms with Crippen molar-refractivity contribution >= 4 is 11.8 Å². The summed E-state index contributed by atoms with van der Waals surface area (Å²) in [5.41, 5.74) is 7.06. The standard InChI is InChI=1S/C20H24N4O3/c1-22-13-16(7-8-18(22)25)20(27)24-12-11-23(17(14-24)19(21)26)10-9-15-5-3-2-4-6-15/h2-8,13,17H,9-12,14H2,1H3,(H2,21,26)/t17-/m0/s1. The molecule has 0 spiro atoms. The van der Waals surface area contributed by atoms with Gasteiger partial charge in [-0.15, -0.1) is 0 Å². The summed E-state index contributed by atoms with van der Waals surface area (Å²) in [6, 6.07) is 12.4. The fourth-order valence-corrected chi connectivity index (χ4v) is 3.36. The molecule has 1 aromatic heterocycles. The lowest BCUT2D eigenvalue weighted by atomic mass is 10.1. The van der Waals surface area contributed by atoms with E-state index in [9.17, 15) is 14.4 Å². The summed E-state index contributed by atoms with van der Waals surface area (Å²) in [5, 5.41) is 0. The lowest BCUT2D eigenvalue weighted by Gasteiger charge is -2.40. The first-order valence-corrected chi connectivity index (χ1v) is 8.99. The maximum Gasteiger partial charge on any atom is 0.255 e. The van der Waals surface area contributed by atoms with Crippen LogP contribution in [-0.2, 0) is 18.3 Å². The number of rotatable bonds is 5. The van der Waals surface area contributed by atoms with E-state index in [1.807, 2.05) is 23.1 Å². The van der Waals surface area contributed by atoms with E-state index in [-0.39, 0.29) is 18.0 Å². The summed E-state index contributed by atoms with van der Waals surface area (Å²) in [6.45, 7) is 2.06. The Kier molecular flexibility index (Phi) is 5.71. The second-order valence-corrected chi connectivity index (χ2v) is 6.81. The van der Waals surface area contributed by atoms with E-state index in [0.29, 0.717) is 25.2 Å². The monoisotopic (exact) mass is 368 g/mol. The van der Waals surface area contributed by atoms with Crippen LogP contribution in [0.5, 0.6) is 0 Å². The number of nitrogens with two attached hydrogens (primary N) is 1. The normalized spacial score (nSPS) is 17.7. The summed E-state index contributed by atoms with van der Waals surface area (Å²) in [7, 11) is 1.60. The Morgan fingerprint density at radius 3 is 2.52 bits per heavy atom. The van der Waals surface area contributed by atoms with Gasteiger partial charge in [-0.2, -0.15) is 0 Å². The molecule has 27 heavy (non-hydrogen) atoms. The van der Waals surface area contributed by atoms with Crippen LogP contribution < -0.4 is 11.3 Å². The number of pyridine rings is 1. The maximum atomic E-state index is 12.8. The number of hydrogen-bond acceptors (Lipinski definition) is 4. The van der Waals surface area contributed by atoms with Gasteiger partial charge >= 0.3 is 0 Å². The number of piperazine rings is 1. The van der Waals surface area contributed by atoms with Gasteiger partial charge < -0.3 is 15.2 Å². The van der Waals surface area contributed by atoms with E-state index in [2.05, 4.69) is 12.1 Å². The molecule has 1 aliphatic rings. The first kappa shape index (κ1) is 18.8. The van der Waals surface area contributed by atoms with E-state index in [4.69, 9.17) is 5.73 Å². The first-order chi connectivity index (χ1) is 13.0. The highest BCUT2D eigenvalue weighted by atomic mass is 16.2. The van der Waals surface area contributed by atoms with Crippen LogP contribution in [0.25, 0.3) is 0 Å². The fraction of sp³-hybridized carbons (Fsp3) is 0.350.